The van der Waals surface area contributed by atoms with Gasteiger partial charge in [-0.15, -0.1) is 0 Å². The van der Waals surface area contributed by atoms with Crippen LogP contribution in [0, 0.1) is 0 Å². The predicted molar refractivity (Wildman–Crippen MR) is 25.4 cm³/mol. The van der Waals surface area contributed by atoms with Crippen molar-refractivity contribution in [2.24, 2.45) is 0 Å². The minimum absolute atomic E-state index is 0.717. The van der Waals surface area contributed by atoms with Crippen LogP contribution in [0.4, 0.5) is 0 Å². The van der Waals surface area contributed by atoms with Crippen molar-refractivity contribution in [3.05, 3.63) is 0 Å². The van der Waals surface area contributed by atoms with Crippen molar-refractivity contribution >= 4 is 55.8 Å². The Labute approximate surface area is 68.8 Å². The van der Waals surface area contributed by atoms with E-state index in [9.17, 15) is 8.42 Å². The van der Waals surface area contributed by atoms with E-state index in [2.05, 4.69) is 5.09 Å². The first-order valence-electron chi connectivity index (χ1n) is 1.03. The van der Waals surface area contributed by atoms with Crippen LogP contribution in [0.25, 0.3) is 0 Å². The summed E-state index contributed by atoms with van der Waals surface area (Å²) in [7, 11) is -3.61. The molecule has 0 radical (unpaired) electrons. The first kappa shape index (κ1) is 8.45. The van der Waals surface area contributed by atoms with Crippen molar-refractivity contribution in [2.75, 3.05) is 0 Å². The van der Waals surface area contributed by atoms with Gasteiger partial charge in [0.25, 0.3) is 0 Å². The zero-order valence-corrected chi connectivity index (χ0v) is 8.86. The fourth-order valence-corrected chi connectivity index (χ4v) is 1.84. The molecule has 0 aromatic carbocycles. The van der Waals surface area contributed by atoms with E-state index in [1.807, 2.05) is 0 Å². The second-order valence-electron chi connectivity index (χ2n) is 0.557. The van der Waals surface area contributed by atoms with Gasteiger partial charge in [-0.05, 0) is 0 Å². The van der Waals surface area contributed by atoms with Gasteiger partial charge < -0.3 is 0 Å². The summed E-state index contributed by atoms with van der Waals surface area (Å²) in [5.41, 5.74) is 0. The predicted octanol–water partition coefficient (Wildman–Crippen LogP) is -2.10. The minimum atomic E-state index is -3.61. The van der Waals surface area contributed by atoms with E-state index in [1.54, 1.807) is 0 Å². The number of hydrogen-bond acceptors (Lipinski definition) is 4. The van der Waals surface area contributed by atoms with E-state index in [4.69, 9.17) is 0 Å². The topological polar surface area (TPSA) is 52.6 Å². The molecule has 0 aromatic heterocycles. The molecule has 0 rings (SSSR count). The summed E-state index contributed by atoms with van der Waals surface area (Å²) < 4.78 is 27.7. The van der Waals surface area contributed by atoms with Crippen LogP contribution in [0.3, 0.4) is 0 Å². The molecule has 0 bridgehead atoms. The van der Waals surface area contributed by atoms with Crippen LogP contribution in [0.5, 0.6) is 0 Å². The quantitative estimate of drug-likeness (QED) is 0.534. The standard InChI is InChI=1S/H2O4STe2/c1-5(2,3-6)4-7/h6-7H. The van der Waals surface area contributed by atoms with Gasteiger partial charge in [0.1, 0.15) is 0 Å². The third-order valence-corrected chi connectivity index (χ3v) is 3.67. The Balaban J connectivity index is 3.89. The molecule has 0 aromatic rings. The summed E-state index contributed by atoms with van der Waals surface area (Å²) in [6.07, 6.45) is 0. The molecule has 0 spiro atoms. The van der Waals surface area contributed by atoms with Gasteiger partial charge in [0.2, 0.25) is 0 Å². The summed E-state index contributed by atoms with van der Waals surface area (Å²) in [5.74, 6) is 0. The molecule has 0 aliphatic heterocycles. The van der Waals surface area contributed by atoms with Crippen LogP contribution in [0.2, 0.25) is 0 Å². The van der Waals surface area contributed by atoms with Gasteiger partial charge in [-0.2, -0.15) is 0 Å². The van der Waals surface area contributed by atoms with Gasteiger partial charge in [0.15, 0.2) is 0 Å². The van der Waals surface area contributed by atoms with E-state index in [1.165, 1.54) is 0 Å². The fourth-order valence-electron chi connectivity index (χ4n) is 0.0136. The normalized spacial score (nSPS) is 11.7. The van der Waals surface area contributed by atoms with Crippen LogP contribution in [0.15, 0.2) is 0 Å². The Bertz CT molecular complexity index is 113. The Morgan fingerprint density at radius 1 is 1.14 bits per heavy atom. The molecule has 0 N–H and O–H groups in total. The molecule has 0 aliphatic rings. The van der Waals surface area contributed by atoms with Crippen LogP contribution in [-0.4, -0.2) is 53.8 Å². The van der Waals surface area contributed by atoms with E-state index in [-0.39, 0.29) is 0 Å². The average molecular weight is 353 g/mol. The van der Waals surface area contributed by atoms with Gasteiger partial charge >= 0.3 is 69.3 Å². The second-order valence-corrected chi connectivity index (χ2v) is 4.22. The Morgan fingerprint density at radius 3 is 1.43 bits per heavy atom. The molecule has 0 amide bonds. The van der Waals surface area contributed by atoms with E-state index in [0.29, 0.717) is 45.4 Å². The van der Waals surface area contributed by atoms with E-state index >= 15 is 0 Å². The van der Waals surface area contributed by atoms with Gasteiger partial charge in [-0.3, -0.25) is 0 Å². The molecule has 4 nitrogen and oxygen atoms in total. The molecular weight excluding hydrogens is 351 g/mol. The molecule has 0 atom stereocenters. The van der Waals surface area contributed by atoms with Crippen LogP contribution in [0.1, 0.15) is 0 Å². The Hall–Kier alpha value is 1.45. The first-order valence-corrected chi connectivity index (χ1v) is 4.45. The van der Waals surface area contributed by atoms with Crippen LogP contribution in [-0.2, 0) is 15.5 Å². The first-order chi connectivity index (χ1) is 3.12. The van der Waals surface area contributed by atoms with E-state index in [0.717, 1.165) is 0 Å². The maximum atomic E-state index is 9.95. The average Bonchev–Trinajstić information content (AvgIpc) is 1.68. The van der Waals surface area contributed by atoms with Gasteiger partial charge in [-0.1, -0.05) is 0 Å². The molecule has 0 aliphatic carbocycles. The third kappa shape index (κ3) is 3.99. The Morgan fingerprint density at radius 2 is 1.43 bits per heavy atom. The van der Waals surface area contributed by atoms with Crippen molar-refractivity contribution in [3.63, 3.8) is 0 Å². The van der Waals surface area contributed by atoms with E-state index < -0.39 is 10.4 Å². The monoisotopic (exact) mass is 358 g/mol. The summed E-state index contributed by atoms with van der Waals surface area (Å²) in [6.45, 7) is 0. The molecule has 7 heteroatoms. The molecule has 0 fully saturated rings. The van der Waals surface area contributed by atoms with Gasteiger partial charge in [-0.25, -0.2) is 0 Å². The second kappa shape index (κ2) is 3.47. The summed E-state index contributed by atoms with van der Waals surface area (Å²) >= 11 is 1.43. The summed E-state index contributed by atoms with van der Waals surface area (Å²) in [4.78, 5) is 0. The molecular formula is H2O4STe2. The maximum absolute atomic E-state index is 9.95. The SMILES string of the molecule is O=S(=O)(O[TeH])O[TeH]. The molecule has 0 saturated carbocycles. The molecule has 0 unspecified atom stereocenters. The summed E-state index contributed by atoms with van der Waals surface area (Å²) in [5, 5.41) is 0. The van der Waals surface area contributed by atoms with Crippen molar-refractivity contribution in [1.29, 1.82) is 0 Å². The molecule has 0 heterocycles. The van der Waals surface area contributed by atoms with Crippen molar-refractivity contribution in [2.45, 2.75) is 0 Å². The van der Waals surface area contributed by atoms with Crippen LogP contribution >= 0.6 is 0 Å². The van der Waals surface area contributed by atoms with Crippen molar-refractivity contribution in [1.82, 2.24) is 0 Å². The van der Waals surface area contributed by atoms with Gasteiger partial charge in [0.05, 0.1) is 0 Å². The molecule has 0 saturated heterocycles. The summed E-state index contributed by atoms with van der Waals surface area (Å²) in [6, 6.07) is 0. The number of rotatable bonds is 2. The molecule has 44 valence electrons. The zero-order chi connectivity index (χ0) is 5.91. The van der Waals surface area contributed by atoms with Gasteiger partial charge in [0, 0.05) is 0 Å². The fraction of sp³-hybridized carbons (Fsp3) is 0. The van der Waals surface area contributed by atoms with Crippen molar-refractivity contribution in [3.8, 4) is 0 Å². The van der Waals surface area contributed by atoms with Crippen LogP contribution < -0.4 is 0 Å². The third-order valence-electron chi connectivity index (χ3n) is 0.183. The number of hydrogen-bond donors (Lipinski definition) is 0. The van der Waals surface area contributed by atoms with Crippen molar-refractivity contribution < 1.29 is 13.5 Å². The Kier molecular flexibility index (Phi) is 4.19. The molecule has 7 heavy (non-hydrogen) atoms. The zero-order valence-electron chi connectivity index (χ0n) is 2.94.